The molecule has 3 aromatic carbocycles. The molecule has 2 heterocycles. The molecular weight excluding hydrogens is 554 g/mol. The number of ketones is 1. The van der Waals surface area contributed by atoms with Crippen molar-refractivity contribution in [1.82, 2.24) is 4.90 Å². The van der Waals surface area contributed by atoms with Crippen molar-refractivity contribution < 1.29 is 32.3 Å². The van der Waals surface area contributed by atoms with Crippen LogP contribution in [0.4, 0.5) is 4.79 Å². The van der Waals surface area contributed by atoms with Gasteiger partial charge in [-0.05, 0) is 66.3 Å². The van der Waals surface area contributed by atoms with Crippen molar-refractivity contribution in [1.29, 1.82) is 0 Å². The van der Waals surface area contributed by atoms with E-state index in [0.29, 0.717) is 41.6 Å². The largest absolute Gasteiger partial charge is 0.448 e. The van der Waals surface area contributed by atoms with Crippen molar-refractivity contribution in [3.05, 3.63) is 88.4 Å². The second-order valence-electron chi connectivity index (χ2n) is 10.3. The van der Waals surface area contributed by atoms with Crippen LogP contribution in [0, 0.1) is 6.92 Å². The summed E-state index contributed by atoms with van der Waals surface area (Å²) in [5.41, 5.74) is 1.61. The molecule has 2 aliphatic heterocycles. The van der Waals surface area contributed by atoms with Gasteiger partial charge in [0.15, 0.2) is 21.2 Å². The normalized spacial score (nSPS) is 21.0. The quantitative estimate of drug-likeness (QED) is 0.305. The predicted octanol–water partition coefficient (Wildman–Crippen LogP) is 5.10. The number of rotatable bonds is 5. The Hall–Kier alpha value is -3.69. The van der Waals surface area contributed by atoms with Crippen molar-refractivity contribution in [3.63, 3.8) is 0 Å². The number of carbonyl (C=O) groups excluding carboxylic acids is 3. The van der Waals surface area contributed by atoms with Crippen LogP contribution in [-0.4, -0.2) is 56.1 Å². The van der Waals surface area contributed by atoms with Crippen molar-refractivity contribution in [2.45, 2.75) is 42.8 Å². The summed E-state index contributed by atoms with van der Waals surface area (Å²) in [6, 6.07) is 19.0. The van der Waals surface area contributed by atoms with E-state index in [9.17, 15) is 22.8 Å². The van der Waals surface area contributed by atoms with Gasteiger partial charge in [0.25, 0.3) is 0 Å². The number of ether oxygens (including phenoxy) is 2. The number of sulfone groups is 1. The predicted molar refractivity (Wildman–Crippen MR) is 149 cm³/mol. The van der Waals surface area contributed by atoms with Gasteiger partial charge in [-0.3, -0.25) is 9.59 Å². The summed E-state index contributed by atoms with van der Waals surface area (Å²) in [4.78, 5) is 41.3. The number of benzene rings is 3. The summed E-state index contributed by atoms with van der Waals surface area (Å²) in [6.07, 6.45) is 1.33. The molecule has 3 aromatic rings. The van der Waals surface area contributed by atoms with Crippen molar-refractivity contribution >= 4 is 39.3 Å². The van der Waals surface area contributed by atoms with Gasteiger partial charge < -0.3 is 14.4 Å². The minimum absolute atomic E-state index is 0.0785. The molecule has 0 aliphatic carbocycles. The van der Waals surface area contributed by atoms with Crippen LogP contribution in [0.5, 0.6) is 0 Å². The van der Waals surface area contributed by atoms with Crippen LogP contribution in [0.25, 0.3) is 11.1 Å². The number of halogens is 1. The third kappa shape index (κ3) is 5.36. The third-order valence-electron chi connectivity index (χ3n) is 7.40. The smallest absolute Gasteiger partial charge is 0.410 e. The molecule has 1 amide bonds. The van der Waals surface area contributed by atoms with E-state index < -0.39 is 39.2 Å². The first-order chi connectivity index (χ1) is 19.0. The summed E-state index contributed by atoms with van der Waals surface area (Å²) >= 11 is 6.62. The maximum absolute atomic E-state index is 13.8. The lowest BCUT2D eigenvalue weighted by molar-refractivity contribution is -0.156. The number of likely N-dealkylation sites (tertiary alicyclic amines) is 1. The van der Waals surface area contributed by atoms with E-state index in [2.05, 4.69) is 0 Å². The summed E-state index contributed by atoms with van der Waals surface area (Å²) < 4.78 is 35.2. The molecule has 0 N–H and O–H groups in total. The van der Waals surface area contributed by atoms with Crippen molar-refractivity contribution in [3.8, 4) is 11.1 Å². The topological polar surface area (TPSA) is 107 Å². The zero-order valence-electron chi connectivity index (χ0n) is 22.1. The number of hydrogen-bond donors (Lipinski definition) is 0. The summed E-state index contributed by atoms with van der Waals surface area (Å²) in [5.74, 6) is -2.28. The van der Waals surface area contributed by atoms with Crippen molar-refractivity contribution in [2.24, 2.45) is 0 Å². The fraction of sp³-hybridized carbons (Fsp3) is 0.300. The van der Waals surface area contributed by atoms with Crippen LogP contribution in [0.2, 0.25) is 5.02 Å². The van der Waals surface area contributed by atoms with Gasteiger partial charge >= 0.3 is 12.1 Å². The van der Waals surface area contributed by atoms with Crippen LogP contribution in [0.3, 0.4) is 0 Å². The first-order valence-electron chi connectivity index (χ1n) is 12.8. The van der Waals surface area contributed by atoms with E-state index in [1.54, 1.807) is 31.2 Å². The number of hydrogen-bond acceptors (Lipinski definition) is 7. The minimum atomic E-state index is -3.42. The lowest BCUT2D eigenvalue weighted by Gasteiger charge is -2.37. The molecule has 40 heavy (non-hydrogen) atoms. The second kappa shape index (κ2) is 10.7. The Balaban J connectivity index is 1.37. The molecule has 2 unspecified atom stereocenters. The number of nitrogens with zero attached hydrogens (tertiary/aromatic N) is 1. The van der Waals surface area contributed by atoms with E-state index in [1.807, 2.05) is 30.3 Å². The number of Topliss-reactive ketones (excluding diaryl/α,β-unsaturated/α-hetero) is 1. The second-order valence-corrected chi connectivity index (χ2v) is 12.7. The molecule has 2 saturated heterocycles. The highest BCUT2D eigenvalue weighted by Gasteiger charge is 2.58. The van der Waals surface area contributed by atoms with Gasteiger partial charge in [-0.1, -0.05) is 54.1 Å². The van der Waals surface area contributed by atoms with Gasteiger partial charge in [-0.2, -0.15) is 0 Å². The zero-order valence-corrected chi connectivity index (χ0v) is 23.6. The van der Waals surface area contributed by atoms with Gasteiger partial charge in [0.2, 0.25) is 0 Å². The summed E-state index contributed by atoms with van der Waals surface area (Å²) in [6.45, 7) is 2.16. The summed E-state index contributed by atoms with van der Waals surface area (Å²) in [7, 11) is -3.42. The molecule has 2 aliphatic rings. The first-order valence-corrected chi connectivity index (χ1v) is 15.1. The minimum Gasteiger partial charge on any atom is -0.448 e. The zero-order chi connectivity index (χ0) is 28.7. The molecule has 0 bridgehead atoms. The Bertz CT molecular complexity index is 1610. The lowest BCUT2D eigenvalue weighted by Crippen LogP contribution is -2.54. The van der Waals surface area contributed by atoms with E-state index >= 15 is 0 Å². The average Bonchev–Trinajstić information content (AvgIpc) is 3.16. The molecule has 208 valence electrons. The fourth-order valence-corrected chi connectivity index (χ4v) is 6.28. The highest BCUT2D eigenvalue weighted by Crippen LogP contribution is 2.43. The van der Waals surface area contributed by atoms with E-state index in [4.69, 9.17) is 21.1 Å². The SMILES string of the molecule is Cc1cc(-c2cccc(S(C)(=O)=O)c2)c(Cl)cc1C1C(=O)OC2(CCCN(C(=O)OCc3ccccc3)C2)C1=O. The number of carbonyl (C=O) groups is 3. The molecule has 5 rings (SSSR count). The Morgan fingerprint density at radius 3 is 2.58 bits per heavy atom. The van der Waals surface area contributed by atoms with Crippen LogP contribution in [0.1, 0.15) is 35.4 Å². The van der Waals surface area contributed by atoms with E-state index in [0.717, 1.165) is 11.8 Å². The molecule has 8 nitrogen and oxygen atoms in total. The molecule has 1 spiro atoms. The highest BCUT2D eigenvalue weighted by atomic mass is 35.5. The van der Waals surface area contributed by atoms with Gasteiger partial charge in [0, 0.05) is 23.4 Å². The van der Waals surface area contributed by atoms with Crippen LogP contribution in [0.15, 0.2) is 71.6 Å². The van der Waals surface area contributed by atoms with Gasteiger partial charge in [0.1, 0.15) is 12.5 Å². The highest BCUT2D eigenvalue weighted by molar-refractivity contribution is 7.90. The molecule has 10 heteroatoms. The van der Waals surface area contributed by atoms with E-state index in [-0.39, 0.29) is 23.1 Å². The molecule has 0 aromatic heterocycles. The van der Waals surface area contributed by atoms with E-state index in [1.165, 1.54) is 17.0 Å². The number of aryl methyl sites for hydroxylation is 1. The van der Waals surface area contributed by atoms with Crippen molar-refractivity contribution in [2.75, 3.05) is 19.3 Å². The monoisotopic (exact) mass is 581 g/mol. The molecule has 0 radical (unpaired) electrons. The maximum atomic E-state index is 13.8. The van der Waals surface area contributed by atoms with Gasteiger partial charge in [-0.25, -0.2) is 13.2 Å². The average molecular weight is 582 g/mol. The standard InChI is InChI=1S/C30H28ClNO7S/c1-19-14-24(21-10-6-11-22(15-21)40(2,36)37)25(31)16-23(19)26-27(33)30(39-28(26)34)12-7-13-32(18-30)29(35)38-17-20-8-4-3-5-9-20/h3-6,8-11,14-16,26H,7,12-13,17-18H2,1-2H3. The third-order valence-corrected chi connectivity index (χ3v) is 8.82. The maximum Gasteiger partial charge on any atom is 0.410 e. The van der Waals surface area contributed by atoms with Gasteiger partial charge in [0.05, 0.1) is 11.4 Å². The molecule has 0 saturated carbocycles. The summed E-state index contributed by atoms with van der Waals surface area (Å²) in [5, 5.41) is 0.266. The number of amides is 1. The molecular formula is C30H28ClNO7S. The van der Waals surface area contributed by atoms with Crippen LogP contribution >= 0.6 is 11.6 Å². The lowest BCUT2D eigenvalue weighted by atomic mass is 9.81. The molecule has 2 atom stereocenters. The Labute approximate surface area is 237 Å². The number of piperidine rings is 1. The molecule has 2 fully saturated rings. The Morgan fingerprint density at radius 1 is 1.10 bits per heavy atom. The Morgan fingerprint density at radius 2 is 1.85 bits per heavy atom. The van der Waals surface area contributed by atoms with Crippen LogP contribution < -0.4 is 0 Å². The Kier molecular flexibility index (Phi) is 7.46. The first kappa shape index (κ1) is 27.9. The van der Waals surface area contributed by atoms with Crippen LogP contribution in [-0.2, 0) is 35.5 Å². The van der Waals surface area contributed by atoms with Gasteiger partial charge in [-0.15, -0.1) is 0 Å². The fourth-order valence-electron chi connectivity index (χ4n) is 5.34. The number of esters is 1.